The minimum atomic E-state index is -0.961. The highest BCUT2D eigenvalue weighted by molar-refractivity contribution is 14.1. The summed E-state index contributed by atoms with van der Waals surface area (Å²) in [6.45, 7) is 6.52. The van der Waals surface area contributed by atoms with E-state index in [0.29, 0.717) is 30.0 Å². The van der Waals surface area contributed by atoms with Gasteiger partial charge in [0, 0.05) is 79.6 Å². The molecule has 23 nitrogen and oxygen atoms in total. The molecule has 4 aromatic carbocycles. The number of hydrogen-bond donors (Lipinski definition) is 4. The molecule has 95 heavy (non-hydrogen) atoms. The van der Waals surface area contributed by atoms with Crippen LogP contribution in [-0.2, 0) is 62.9 Å². The van der Waals surface area contributed by atoms with Crippen molar-refractivity contribution in [3.8, 4) is 57.4 Å². The average Bonchev–Trinajstić information content (AvgIpc) is 1.62. The molecule has 7 aliphatic rings. The molecule has 0 spiro atoms. The van der Waals surface area contributed by atoms with Crippen LogP contribution in [0.25, 0.3) is 50.7 Å². The first-order chi connectivity index (χ1) is 45.9. The Bertz CT molecular complexity index is 4260. The van der Waals surface area contributed by atoms with E-state index in [1.165, 1.54) is 83.3 Å². The van der Waals surface area contributed by atoms with Crippen LogP contribution >= 0.6 is 22.6 Å². The Morgan fingerprint density at radius 3 is 1.84 bits per heavy atom. The first-order valence-electron chi connectivity index (χ1n) is 31.0. The molecule has 3 atom stereocenters. The summed E-state index contributed by atoms with van der Waals surface area (Å²) in [5, 5.41) is 48.1. The van der Waals surface area contributed by atoms with Crippen LogP contribution in [0, 0.1) is 44.1 Å². The molecule has 9 aromatic rings. The maximum Gasteiger partial charge on any atom is 0.410 e. The van der Waals surface area contributed by atoms with Gasteiger partial charge in [-0.1, -0.05) is 10.6 Å². The SMILES string of the molecule is C#Cc1ccc(F)cc1.CC(=O)Nc1cn2nc(-c3c(-c4ccc(F)cc4)nn4c3CCC4)ccc2n1.Fc1ccc(-c2cc3n(n2)CCC3)cc1.Fc1ccc(-c2nn3c(c2I)CCC3)cc1.O=C(O)C1CCCN1.O=C1ON=[N+]2CCCC12.O=NN1CCCC1C(=O)O. The van der Waals surface area contributed by atoms with Gasteiger partial charge in [-0.3, -0.25) is 28.5 Å². The molecule has 0 saturated carbocycles. The standard InChI is InChI=1S/C20H17FN6O.C12H10FIN2.C12H11FN2.C8H5F.C5H8N2O3.C5H7N2O2.C5H9NO2/c1-12(28)22-17-11-27-18(23-17)9-8-15(24-27)19-16-3-2-10-26(16)25-20(19)13-4-6-14(21)7-5-13;13-9-5-3-8(4-6-9)12-11(14)10-2-1-7-16(10)15-12;13-10-5-3-9(4-6-10)12-8-11-2-1-7-15(11)14-12;1-2-7-3-5-8(9)6-4-7;8-5(9)4-2-1-3-7(4)6-10;8-5-4-2-1-3-7(4)6-9-5;7-5(8)4-2-1-3-6-4/h4-9,11H,2-3,10H2,1H3,(H,22,28);3-6H,1-2,7H2;3-6,8H,1-2,7H2;1,3-6H;4H,1-3H2,(H,8,9);4H,1-3H2;4,6H,1-3H2,(H,7,8)/q;;;;;+1;. The summed E-state index contributed by atoms with van der Waals surface area (Å²) >= 11 is 2.34. The summed E-state index contributed by atoms with van der Waals surface area (Å²) in [7, 11) is 0. The Kier molecular flexibility index (Phi) is 22.7. The van der Waals surface area contributed by atoms with Crippen LogP contribution in [0.4, 0.5) is 23.4 Å². The molecular weight excluding hydrogens is 1350 g/mol. The number of amides is 1. The van der Waals surface area contributed by atoms with Gasteiger partial charge < -0.3 is 20.8 Å². The Morgan fingerprint density at radius 2 is 1.28 bits per heavy atom. The summed E-state index contributed by atoms with van der Waals surface area (Å²) in [6.07, 6.45) is 18.3. The number of aryl methyl sites for hydroxylation is 4. The number of aliphatic carboxylic acids is 2. The Hall–Kier alpha value is -10.0. The number of nitrogens with one attached hydrogen (secondary N) is 2. The third-order valence-electron chi connectivity index (χ3n) is 16.3. The van der Waals surface area contributed by atoms with Crippen LogP contribution in [0.5, 0.6) is 0 Å². The van der Waals surface area contributed by atoms with E-state index < -0.39 is 18.0 Å². The van der Waals surface area contributed by atoms with Crippen molar-refractivity contribution in [3.63, 3.8) is 0 Å². The molecule has 12 heterocycles. The van der Waals surface area contributed by atoms with E-state index in [2.05, 4.69) is 80.5 Å². The second-order valence-corrected chi connectivity index (χ2v) is 23.9. The quantitative estimate of drug-likeness (QED) is 0.0362. The number of benzene rings is 4. The maximum atomic E-state index is 13.4. The number of nitrogens with zero attached hydrogens (tertiary/aromatic N) is 13. The highest BCUT2D eigenvalue weighted by Gasteiger charge is 2.44. The van der Waals surface area contributed by atoms with Crippen molar-refractivity contribution in [2.45, 2.75) is 122 Å². The third kappa shape index (κ3) is 17.2. The number of aromatic nitrogens is 9. The number of carbonyl (C=O) groups is 4. The molecule has 3 saturated heterocycles. The normalized spacial score (nSPS) is 17.3. The minimum Gasteiger partial charge on any atom is -0.480 e. The minimum absolute atomic E-state index is 0.0509. The fourth-order valence-electron chi connectivity index (χ4n) is 11.6. The van der Waals surface area contributed by atoms with Crippen molar-refractivity contribution in [3.05, 3.63) is 176 Å². The van der Waals surface area contributed by atoms with Gasteiger partial charge >= 0.3 is 17.9 Å². The molecule has 0 bridgehead atoms. The second kappa shape index (κ2) is 31.7. The highest BCUT2D eigenvalue weighted by atomic mass is 127. The molecule has 3 unspecified atom stereocenters. The van der Waals surface area contributed by atoms with E-state index in [0.717, 1.165) is 146 Å². The van der Waals surface area contributed by atoms with Crippen molar-refractivity contribution >= 4 is 57.9 Å². The molecule has 28 heteroatoms. The summed E-state index contributed by atoms with van der Waals surface area (Å²) in [5.74, 6) is -0.149. The van der Waals surface area contributed by atoms with Gasteiger partial charge in [-0.15, -0.1) is 11.3 Å². The van der Waals surface area contributed by atoms with Gasteiger partial charge in [0.1, 0.15) is 46.7 Å². The predicted octanol–water partition coefficient (Wildman–Crippen LogP) is 11.1. The number of fused-ring (bicyclic) bond motifs is 5. The zero-order valence-corrected chi connectivity index (χ0v) is 53.8. The fourth-order valence-corrected chi connectivity index (χ4v) is 12.5. The zero-order valence-electron chi connectivity index (χ0n) is 51.6. The lowest BCUT2D eigenvalue weighted by atomic mass is 10.0. The molecule has 3 fully saturated rings. The number of imidazole rings is 1. The van der Waals surface area contributed by atoms with E-state index in [9.17, 15) is 41.6 Å². The monoisotopic (exact) mass is 1410 g/mol. The number of rotatable bonds is 8. The zero-order chi connectivity index (χ0) is 67.1. The second-order valence-electron chi connectivity index (χ2n) is 22.8. The third-order valence-corrected chi connectivity index (χ3v) is 17.4. The highest BCUT2D eigenvalue weighted by Crippen LogP contribution is 2.37. The lowest BCUT2D eigenvalue weighted by Crippen LogP contribution is -2.31. The van der Waals surface area contributed by atoms with Gasteiger partial charge in [0.25, 0.3) is 6.04 Å². The van der Waals surface area contributed by atoms with Crippen molar-refractivity contribution < 1.29 is 56.5 Å². The largest absolute Gasteiger partial charge is 0.480 e. The van der Waals surface area contributed by atoms with E-state index in [4.69, 9.17) is 26.8 Å². The summed E-state index contributed by atoms with van der Waals surface area (Å²) in [5.41, 5.74) is 12.4. The number of anilines is 1. The van der Waals surface area contributed by atoms with Crippen LogP contribution < -0.4 is 10.6 Å². The van der Waals surface area contributed by atoms with E-state index in [1.54, 1.807) is 63.9 Å². The maximum absolute atomic E-state index is 13.4. The number of halogens is 5. The van der Waals surface area contributed by atoms with Gasteiger partial charge in [0.05, 0.1) is 37.7 Å². The predicted molar refractivity (Wildman–Crippen MR) is 350 cm³/mol. The number of hydrogen-bond acceptors (Lipinski definition) is 14. The van der Waals surface area contributed by atoms with Crippen LogP contribution in [0.15, 0.2) is 132 Å². The first kappa shape index (κ1) is 67.9. The van der Waals surface area contributed by atoms with Crippen molar-refractivity contribution in [1.29, 1.82) is 0 Å². The molecule has 4 N–H and O–H groups in total. The smallest absolute Gasteiger partial charge is 0.410 e. The molecule has 0 aliphatic carbocycles. The van der Waals surface area contributed by atoms with Crippen LogP contribution in [0.3, 0.4) is 0 Å². The molecule has 16 rings (SSSR count). The number of terminal acetylenes is 1. The number of carboxylic acids is 2. The molecule has 0 radical (unpaired) electrons. The van der Waals surface area contributed by atoms with E-state index in [1.807, 2.05) is 21.5 Å². The average molecular weight is 1410 g/mol. The van der Waals surface area contributed by atoms with E-state index in [-0.39, 0.29) is 47.2 Å². The summed E-state index contributed by atoms with van der Waals surface area (Å²) < 4.78 is 61.8. The lowest BCUT2D eigenvalue weighted by Gasteiger charge is -2.11. The number of nitroso groups, excluding NO2 is 1. The van der Waals surface area contributed by atoms with Gasteiger partial charge in [0.15, 0.2) is 23.3 Å². The summed E-state index contributed by atoms with van der Waals surface area (Å²) in [4.78, 5) is 61.2. The molecular formula is C67H67F4IN15O8+. The van der Waals surface area contributed by atoms with Crippen molar-refractivity contribution in [1.82, 2.24) is 54.3 Å². The number of carbonyl (C=O) groups excluding carboxylic acids is 2. The van der Waals surface area contributed by atoms with Gasteiger partial charge in [-0.25, -0.2) is 41.7 Å². The first-order valence-corrected chi connectivity index (χ1v) is 32.0. The molecule has 1 amide bonds. The number of carboxylic acid groups (broad SMARTS) is 2. The molecule has 5 aromatic heterocycles. The molecule has 7 aliphatic heterocycles. The Balaban J connectivity index is 0.000000127. The van der Waals surface area contributed by atoms with Crippen LogP contribution in [0.2, 0.25) is 0 Å². The Labute approximate surface area is 556 Å². The van der Waals surface area contributed by atoms with Crippen LogP contribution in [-0.4, -0.2) is 125 Å². The topological polar surface area (TPSA) is 274 Å². The lowest BCUT2D eigenvalue weighted by molar-refractivity contribution is -0.597. The molecule has 492 valence electrons. The van der Waals surface area contributed by atoms with Crippen molar-refractivity contribution in [2.75, 3.05) is 25.0 Å². The van der Waals surface area contributed by atoms with Crippen molar-refractivity contribution in [2.24, 2.45) is 10.6 Å². The van der Waals surface area contributed by atoms with Gasteiger partial charge in [0.2, 0.25) is 5.91 Å². The van der Waals surface area contributed by atoms with Gasteiger partial charge in [-0.2, -0.15) is 20.4 Å². The fraction of sp³-hybridized carbons (Fsp3) is 0.328. The van der Waals surface area contributed by atoms with E-state index >= 15 is 0 Å². The van der Waals surface area contributed by atoms with Crippen LogP contribution in [0.1, 0.15) is 87.4 Å². The Morgan fingerprint density at radius 1 is 0.684 bits per heavy atom. The van der Waals surface area contributed by atoms with Gasteiger partial charge in [-0.05, 0) is 209 Å². The summed E-state index contributed by atoms with van der Waals surface area (Å²) in [6, 6.07) is 30.1.